The molecule has 1 saturated carbocycles. The summed E-state index contributed by atoms with van der Waals surface area (Å²) in [6.07, 6.45) is 1.29. The maximum absolute atomic E-state index is 3.67. The molecule has 1 aromatic carbocycles. The lowest BCUT2D eigenvalue weighted by Crippen LogP contribution is -2.42. The van der Waals surface area contributed by atoms with Crippen molar-refractivity contribution in [1.29, 1.82) is 0 Å². The summed E-state index contributed by atoms with van der Waals surface area (Å²) in [5.74, 6) is 0.742. The Hall–Kier alpha value is -0.860. The van der Waals surface area contributed by atoms with Crippen LogP contribution >= 0.6 is 0 Å². The zero-order chi connectivity index (χ0) is 13.2. The summed E-state index contributed by atoms with van der Waals surface area (Å²) in [6.45, 7) is 8.98. The van der Waals surface area contributed by atoms with Crippen molar-refractivity contribution >= 4 is 0 Å². The number of benzene rings is 1. The fraction of sp³-hybridized carbons (Fsp3) is 0.625. The monoisotopic (exact) mass is 246 g/mol. The van der Waals surface area contributed by atoms with E-state index in [1.54, 1.807) is 0 Å². The van der Waals surface area contributed by atoms with Crippen LogP contribution < -0.4 is 5.32 Å². The molecule has 100 valence electrons. The molecule has 0 bridgehead atoms. The van der Waals surface area contributed by atoms with Crippen LogP contribution in [0.4, 0.5) is 0 Å². The Labute approximate surface area is 111 Å². The van der Waals surface area contributed by atoms with Crippen LogP contribution in [-0.2, 0) is 0 Å². The van der Waals surface area contributed by atoms with Gasteiger partial charge in [-0.1, -0.05) is 30.3 Å². The van der Waals surface area contributed by atoms with Crippen molar-refractivity contribution in [2.75, 3.05) is 20.1 Å². The van der Waals surface area contributed by atoms with E-state index >= 15 is 0 Å². The van der Waals surface area contributed by atoms with Crippen LogP contribution in [0.15, 0.2) is 30.3 Å². The largest absolute Gasteiger partial charge is 0.312 e. The molecule has 0 saturated heterocycles. The molecule has 0 radical (unpaired) electrons. The van der Waals surface area contributed by atoms with Gasteiger partial charge in [0.05, 0.1) is 0 Å². The van der Waals surface area contributed by atoms with Gasteiger partial charge in [0.2, 0.25) is 0 Å². The van der Waals surface area contributed by atoms with Gasteiger partial charge in [0.1, 0.15) is 0 Å². The van der Waals surface area contributed by atoms with Gasteiger partial charge in [0.25, 0.3) is 0 Å². The van der Waals surface area contributed by atoms with Crippen molar-refractivity contribution < 1.29 is 0 Å². The third-order valence-electron chi connectivity index (χ3n) is 4.02. The second kappa shape index (κ2) is 5.41. The zero-order valence-corrected chi connectivity index (χ0v) is 12.1. The molecule has 0 heterocycles. The van der Waals surface area contributed by atoms with E-state index in [-0.39, 0.29) is 5.54 Å². The van der Waals surface area contributed by atoms with E-state index in [2.05, 4.69) is 68.4 Å². The third kappa shape index (κ3) is 3.56. The molecule has 0 spiro atoms. The predicted molar refractivity (Wildman–Crippen MR) is 78.0 cm³/mol. The maximum atomic E-state index is 3.67. The molecule has 1 N–H and O–H groups in total. The van der Waals surface area contributed by atoms with E-state index in [1.807, 2.05) is 0 Å². The Balaban J connectivity index is 1.69. The van der Waals surface area contributed by atoms with E-state index in [9.17, 15) is 0 Å². The number of nitrogens with zero attached hydrogens (tertiary/aromatic N) is 1. The first-order valence-electron chi connectivity index (χ1n) is 6.98. The highest BCUT2D eigenvalue weighted by molar-refractivity contribution is 5.27. The smallest absolute Gasteiger partial charge is 0.0143 e. The number of hydrogen-bond donors (Lipinski definition) is 1. The highest BCUT2D eigenvalue weighted by Crippen LogP contribution is 2.40. The average molecular weight is 246 g/mol. The van der Waals surface area contributed by atoms with Crippen LogP contribution in [0.5, 0.6) is 0 Å². The number of rotatable bonds is 5. The lowest BCUT2D eigenvalue weighted by Gasteiger charge is -2.31. The fourth-order valence-electron chi connectivity index (χ4n) is 2.24. The Bertz CT molecular complexity index is 366. The lowest BCUT2D eigenvalue weighted by atomic mass is 10.1. The standard InChI is InChI=1S/C16H26N2/c1-16(2,3)18(4)11-10-17-15-12-14(15)13-8-6-5-7-9-13/h5-9,14-15,17H,10-12H2,1-4H3. The van der Waals surface area contributed by atoms with Gasteiger partial charge in [-0.2, -0.15) is 0 Å². The molecule has 0 amide bonds. The molecular formula is C16H26N2. The van der Waals surface area contributed by atoms with E-state index in [0.717, 1.165) is 19.0 Å². The summed E-state index contributed by atoms with van der Waals surface area (Å²) in [4.78, 5) is 2.40. The third-order valence-corrected chi connectivity index (χ3v) is 4.02. The first-order chi connectivity index (χ1) is 8.48. The normalized spacial score (nSPS) is 23.4. The van der Waals surface area contributed by atoms with Gasteiger partial charge in [-0.15, -0.1) is 0 Å². The van der Waals surface area contributed by atoms with Crippen molar-refractivity contribution in [3.05, 3.63) is 35.9 Å². The second-order valence-electron chi connectivity index (χ2n) is 6.41. The molecule has 2 nitrogen and oxygen atoms in total. The first-order valence-corrected chi connectivity index (χ1v) is 6.98. The Morgan fingerprint density at radius 1 is 1.22 bits per heavy atom. The average Bonchev–Trinajstić information content (AvgIpc) is 3.08. The van der Waals surface area contributed by atoms with Crippen molar-refractivity contribution in [2.24, 2.45) is 0 Å². The summed E-state index contributed by atoms with van der Waals surface area (Å²) < 4.78 is 0. The molecule has 2 rings (SSSR count). The number of likely N-dealkylation sites (N-methyl/N-ethyl adjacent to an activating group) is 1. The van der Waals surface area contributed by atoms with E-state index in [1.165, 1.54) is 12.0 Å². The molecular weight excluding hydrogens is 220 g/mol. The number of hydrogen-bond acceptors (Lipinski definition) is 2. The summed E-state index contributed by atoms with van der Waals surface area (Å²) in [5.41, 5.74) is 1.75. The van der Waals surface area contributed by atoms with Crippen molar-refractivity contribution in [2.45, 2.75) is 44.7 Å². The number of nitrogens with one attached hydrogen (secondary N) is 1. The Kier molecular flexibility index (Phi) is 4.08. The molecule has 0 aromatic heterocycles. The van der Waals surface area contributed by atoms with Gasteiger partial charge in [-0.05, 0) is 39.8 Å². The molecule has 1 aliphatic carbocycles. The van der Waals surface area contributed by atoms with Crippen LogP contribution in [0, 0.1) is 0 Å². The summed E-state index contributed by atoms with van der Waals surface area (Å²) in [7, 11) is 2.20. The van der Waals surface area contributed by atoms with E-state index < -0.39 is 0 Å². The molecule has 18 heavy (non-hydrogen) atoms. The minimum absolute atomic E-state index is 0.268. The van der Waals surface area contributed by atoms with Gasteiger partial charge < -0.3 is 10.2 Å². The van der Waals surface area contributed by atoms with Gasteiger partial charge in [0, 0.05) is 30.6 Å². The summed E-state index contributed by atoms with van der Waals surface area (Å²) in [5, 5.41) is 3.67. The van der Waals surface area contributed by atoms with Crippen LogP contribution in [0.1, 0.15) is 38.7 Å². The molecule has 1 aromatic rings. The molecule has 1 fully saturated rings. The Morgan fingerprint density at radius 3 is 2.50 bits per heavy atom. The highest BCUT2D eigenvalue weighted by Gasteiger charge is 2.37. The molecule has 2 unspecified atom stereocenters. The summed E-state index contributed by atoms with van der Waals surface area (Å²) in [6, 6.07) is 11.5. The quantitative estimate of drug-likeness (QED) is 0.859. The molecule has 0 aliphatic heterocycles. The topological polar surface area (TPSA) is 15.3 Å². The van der Waals surface area contributed by atoms with Crippen molar-refractivity contribution in [3.8, 4) is 0 Å². The van der Waals surface area contributed by atoms with Crippen molar-refractivity contribution in [3.63, 3.8) is 0 Å². The van der Waals surface area contributed by atoms with Gasteiger partial charge in [0.15, 0.2) is 0 Å². The lowest BCUT2D eigenvalue weighted by molar-refractivity contribution is 0.176. The predicted octanol–water partition coefficient (Wildman–Crippen LogP) is 2.86. The van der Waals surface area contributed by atoms with Gasteiger partial charge in [-0.3, -0.25) is 0 Å². The van der Waals surface area contributed by atoms with Crippen LogP contribution in [0.2, 0.25) is 0 Å². The van der Waals surface area contributed by atoms with Gasteiger partial charge in [-0.25, -0.2) is 0 Å². The minimum atomic E-state index is 0.268. The summed E-state index contributed by atoms with van der Waals surface area (Å²) >= 11 is 0. The van der Waals surface area contributed by atoms with Crippen molar-refractivity contribution in [1.82, 2.24) is 10.2 Å². The first kappa shape index (κ1) is 13.6. The molecule has 1 aliphatic rings. The van der Waals surface area contributed by atoms with Crippen LogP contribution in [0.25, 0.3) is 0 Å². The fourth-order valence-corrected chi connectivity index (χ4v) is 2.24. The maximum Gasteiger partial charge on any atom is 0.0143 e. The second-order valence-corrected chi connectivity index (χ2v) is 6.41. The van der Waals surface area contributed by atoms with E-state index in [4.69, 9.17) is 0 Å². The minimum Gasteiger partial charge on any atom is -0.312 e. The highest BCUT2D eigenvalue weighted by atomic mass is 15.2. The van der Waals surface area contributed by atoms with E-state index in [0.29, 0.717) is 6.04 Å². The van der Waals surface area contributed by atoms with Crippen LogP contribution in [-0.4, -0.2) is 36.6 Å². The Morgan fingerprint density at radius 2 is 1.89 bits per heavy atom. The van der Waals surface area contributed by atoms with Crippen LogP contribution in [0.3, 0.4) is 0 Å². The van der Waals surface area contributed by atoms with Gasteiger partial charge >= 0.3 is 0 Å². The molecule has 2 atom stereocenters. The zero-order valence-electron chi connectivity index (χ0n) is 12.1. The SMILES string of the molecule is CN(CCNC1CC1c1ccccc1)C(C)(C)C. The molecule has 2 heteroatoms.